The van der Waals surface area contributed by atoms with Gasteiger partial charge < -0.3 is 0 Å². The first kappa shape index (κ1) is 9.45. The van der Waals surface area contributed by atoms with Crippen LogP contribution in [0, 0.1) is 11.3 Å². The topological polar surface area (TPSA) is 17.1 Å². The maximum absolute atomic E-state index is 11.3. The van der Waals surface area contributed by atoms with Crippen LogP contribution in [0.4, 0.5) is 0 Å². The highest BCUT2D eigenvalue weighted by Gasteiger charge is 2.61. The summed E-state index contributed by atoms with van der Waals surface area (Å²) in [5, 5.41) is 0. The summed E-state index contributed by atoms with van der Waals surface area (Å²) in [4.78, 5) is 11.3. The van der Waals surface area contributed by atoms with Crippen LogP contribution in [0.3, 0.4) is 0 Å². The summed E-state index contributed by atoms with van der Waals surface area (Å²) in [5.74, 6) is 1.05. The highest BCUT2D eigenvalue weighted by atomic mass is 16.1. The molecule has 0 bridgehead atoms. The number of carbonyl (C=O) groups is 1. The van der Waals surface area contributed by atoms with Crippen molar-refractivity contribution < 1.29 is 4.79 Å². The van der Waals surface area contributed by atoms with E-state index in [9.17, 15) is 4.79 Å². The van der Waals surface area contributed by atoms with Gasteiger partial charge >= 0.3 is 0 Å². The molecular formula is C13H16O. The second-order valence-electron chi connectivity index (χ2n) is 4.33. The lowest BCUT2D eigenvalue weighted by Gasteiger charge is -2.12. The Bertz CT molecular complexity index is 335. The molecule has 14 heavy (non-hydrogen) atoms. The zero-order valence-electron chi connectivity index (χ0n) is 8.62. The number of rotatable bonds is 3. The number of allylic oxidation sites excluding steroid dienone is 5. The molecule has 74 valence electrons. The Morgan fingerprint density at radius 1 is 1.64 bits per heavy atom. The van der Waals surface area contributed by atoms with Crippen LogP contribution >= 0.6 is 0 Å². The molecule has 1 heteroatoms. The van der Waals surface area contributed by atoms with Gasteiger partial charge in [-0.3, -0.25) is 4.79 Å². The van der Waals surface area contributed by atoms with E-state index in [0.29, 0.717) is 11.7 Å². The van der Waals surface area contributed by atoms with Crippen LogP contribution in [0.25, 0.3) is 0 Å². The van der Waals surface area contributed by atoms with Crippen molar-refractivity contribution >= 4 is 5.78 Å². The zero-order chi connectivity index (χ0) is 10.2. The van der Waals surface area contributed by atoms with Crippen molar-refractivity contribution in [3.63, 3.8) is 0 Å². The van der Waals surface area contributed by atoms with E-state index in [0.717, 1.165) is 12.8 Å². The Balaban J connectivity index is 2.25. The molecule has 1 nitrogen and oxygen atoms in total. The van der Waals surface area contributed by atoms with E-state index in [2.05, 4.69) is 18.7 Å². The summed E-state index contributed by atoms with van der Waals surface area (Å²) < 4.78 is 0. The Morgan fingerprint density at radius 3 is 2.93 bits per heavy atom. The van der Waals surface area contributed by atoms with E-state index in [4.69, 9.17) is 0 Å². The first-order chi connectivity index (χ1) is 6.73. The second kappa shape index (κ2) is 3.23. The van der Waals surface area contributed by atoms with Crippen LogP contribution in [0.5, 0.6) is 0 Å². The van der Waals surface area contributed by atoms with Crippen LogP contribution in [-0.2, 0) is 4.79 Å². The van der Waals surface area contributed by atoms with E-state index in [-0.39, 0.29) is 5.41 Å². The highest BCUT2D eigenvalue weighted by Crippen LogP contribution is 2.66. The van der Waals surface area contributed by atoms with Gasteiger partial charge in [-0.1, -0.05) is 30.9 Å². The third kappa shape index (κ3) is 1.28. The Morgan fingerprint density at radius 2 is 2.43 bits per heavy atom. The van der Waals surface area contributed by atoms with Gasteiger partial charge in [-0.15, -0.1) is 0 Å². The average Bonchev–Trinajstić information content (AvgIpc) is 2.70. The normalized spacial score (nSPS) is 36.2. The number of hydrogen-bond acceptors (Lipinski definition) is 1. The summed E-state index contributed by atoms with van der Waals surface area (Å²) in [5.41, 5.74) is 1.50. The number of Topliss-reactive ketones (excluding diaryl/α,β-unsaturated/α-hetero) is 1. The molecule has 0 radical (unpaired) electrons. The van der Waals surface area contributed by atoms with Crippen molar-refractivity contribution in [3.05, 3.63) is 36.5 Å². The molecule has 0 spiro atoms. The van der Waals surface area contributed by atoms with Crippen molar-refractivity contribution in [2.75, 3.05) is 0 Å². The summed E-state index contributed by atoms with van der Waals surface area (Å²) in [6, 6.07) is 0. The summed E-state index contributed by atoms with van der Waals surface area (Å²) in [6.07, 6.45) is 10.8. The molecule has 0 heterocycles. The van der Waals surface area contributed by atoms with Crippen LogP contribution in [-0.4, -0.2) is 5.78 Å². The van der Waals surface area contributed by atoms with Crippen molar-refractivity contribution in [3.8, 4) is 0 Å². The minimum Gasteiger partial charge on any atom is -0.300 e. The Labute approximate surface area is 85.2 Å². The summed E-state index contributed by atoms with van der Waals surface area (Å²) in [7, 11) is 0. The van der Waals surface area contributed by atoms with E-state index in [1.807, 2.05) is 19.1 Å². The Hall–Kier alpha value is -1.11. The van der Waals surface area contributed by atoms with Gasteiger partial charge in [0.1, 0.15) is 5.78 Å². The quantitative estimate of drug-likeness (QED) is 0.622. The first-order valence-electron chi connectivity index (χ1n) is 5.20. The highest BCUT2D eigenvalue weighted by molar-refractivity contribution is 5.85. The van der Waals surface area contributed by atoms with E-state index in [1.165, 1.54) is 12.0 Å². The lowest BCUT2D eigenvalue weighted by molar-refractivity contribution is -0.118. The SMILES string of the molecule is C=C/C=C(\C=C/C)C12CC(=O)CC1C2. The third-order valence-electron chi connectivity index (χ3n) is 3.44. The van der Waals surface area contributed by atoms with Gasteiger partial charge in [0.05, 0.1) is 0 Å². The lowest BCUT2D eigenvalue weighted by atomic mass is 9.92. The minimum atomic E-state index is 0.206. The molecule has 2 rings (SSSR count). The smallest absolute Gasteiger partial charge is 0.134 e. The number of ketones is 1. The van der Waals surface area contributed by atoms with Crippen molar-refractivity contribution in [1.29, 1.82) is 0 Å². The molecule has 0 aromatic rings. The van der Waals surface area contributed by atoms with Crippen LogP contribution in [0.1, 0.15) is 26.2 Å². The molecule has 2 saturated carbocycles. The van der Waals surface area contributed by atoms with Gasteiger partial charge in [0, 0.05) is 18.3 Å². The average molecular weight is 188 g/mol. The molecule has 0 aliphatic heterocycles. The standard InChI is InChI=1S/C13H16O/c1-3-5-10(6-4-2)13-8-11(13)7-12(14)9-13/h3-6,11H,1,7-9H2,2H3/b6-4-,10-5+. The molecule has 0 aromatic carbocycles. The van der Waals surface area contributed by atoms with Gasteiger partial charge in [-0.25, -0.2) is 0 Å². The Kier molecular flexibility index (Phi) is 2.18. The van der Waals surface area contributed by atoms with Gasteiger partial charge in [0.15, 0.2) is 0 Å². The fourth-order valence-corrected chi connectivity index (χ4v) is 2.71. The van der Waals surface area contributed by atoms with Crippen molar-refractivity contribution in [1.82, 2.24) is 0 Å². The maximum atomic E-state index is 11.3. The maximum Gasteiger partial charge on any atom is 0.134 e. The van der Waals surface area contributed by atoms with Gasteiger partial charge in [-0.2, -0.15) is 0 Å². The van der Waals surface area contributed by atoms with Crippen LogP contribution in [0.15, 0.2) is 36.5 Å². The van der Waals surface area contributed by atoms with E-state index < -0.39 is 0 Å². The molecule has 2 aliphatic carbocycles. The number of fused-ring (bicyclic) bond motifs is 1. The van der Waals surface area contributed by atoms with Gasteiger partial charge in [0.2, 0.25) is 0 Å². The fraction of sp³-hybridized carbons (Fsp3) is 0.462. The second-order valence-corrected chi connectivity index (χ2v) is 4.33. The molecule has 0 aromatic heterocycles. The fourth-order valence-electron chi connectivity index (χ4n) is 2.71. The summed E-state index contributed by atoms with van der Waals surface area (Å²) in [6.45, 7) is 5.74. The molecule has 2 atom stereocenters. The zero-order valence-corrected chi connectivity index (χ0v) is 8.62. The molecule has 0 amide bonds. The van der Waals surface area contributed by atoms with Crippen LogP contribution < -0.4 is 0 Å². The third-order valence-corrected chi connectivity index (χ3v) is 3.44. The van der Waals surface area contributed by atoms with E-state index >= 15 is 0 Å². The molecular weight excluding hydrogens is 172 g/mol. The predicted octanol–water partition coefficient (Wildman–Crippen LogP) is 3.04. The molecule has 2 unspecified atom stereocenters. The van der Waals surface area contributed by atoms with Crippen molar-refractivity contribution in [2.45, 2.75) is 26.2 Å². The van der Waals surface area contributed by atoms with E-state index in [1.54, 1.807) is 0 Å². The molecule has 0 saturated heterocycles. The predicted molar refractivity (Wildman–Crippen MR) is 57.9 cm³/mol. The monoisotopic (exact) mass is 188 g/mol. The number of carbonyl (C=O) groups excluding carboxylic acids is 1. The summed E-state index contributed by atoms with van der Waals surface area (Å²) >= 11 is 0. The lowest BCUT2D eigenvalue weighted by Crippen LogP contribution is -2.04. The van der Waals surface area contributed by atoms with Gasteiger partial charge in [-0.05, 0) is 24.8 Å². The van der Waals surface area contributed by atoms with Crippen LogP contribution in [0.2, 0.25) is 0 Å². The van der Waals surface area contributed by atoms with Gasteiger partial charge in [0.25, 0.3) is 0 Å². The largest absolute Gasteiger partial charge is 0.300 e. The molecule has 2 aliphatic rings. The molecule has 0 N–H and O–H groups in total. The number of hydrogen-bond donors (Lipinski definition) is 0. The molecule has 2 fully saturated rings. The first-order valence-corrected chi connectivity index (χ1v) is 5.20. The van der Waals surface area contributed by atoms with Crippen molar-refractivity contribution in [2.24, 2.45) is 11.3 Å². The minimum absolute atomic E-state index is 0.206.